The highest BCUT2D eigenvalue weighted by Gasteiger charge is 2.29. The van der Waals surface area contributed by atoms with E-state index in [4.69, 9.17) is 0 Å². The van der Waals surface area contributed by atoms with Crippen LogP contribution in [0.3, 0.4) is 0 Å². The number of benzene rings is 2. The summed E-state index contributed by atoms with van der Waals surface area (Å²) in [6.45, 7) is 0.882. The van der Waals surface area contributed by atoms with E-state index in [9.17, 15) is 23.1 Å². The van der Waals surface area contributed by atoms with Gasteiger partial charge in [0.05, 0.1) is 23.0 Å². The highest BCUT2D eigenvalue weighted by molar-refractivity contribution is 14.1. The highest BCUT2D eigenvalue weighted by atomic mass is 127. The number of hydrogen-bond donors (Lipinski definition) is 3. The molecule has 164 valence electrons. The van der Waals surface area contributed by atoms with E-state index in [1.165, 1.54) is 23.1 Å². The molecule has 0 saturated heterocycles. The molecular formula is C22H21F3IN3O2. The topological polar surface area (TPSA) is 64.6 Å². The number of carbonyl (C=O) groups excluding carboxylic acids is 1. The summed E-state index contributed by atoms with van der Waals surface area (Å²) < 4.78 is 43.2. The first-order valence-corrected chi connectivity index (χ1v) is 11.0. The summed E-state index contributed by atoms with van der Waals surface area (Å²) in [6.07, 6.45) is 3.98. The molecule has 1 aliphatic heterocycles. The van der Waals surface area contributed by atoms with Crippen molar-refractivity contribution in [3.63, 3.8) is 0 Å². The summed E-state index contributed by atoms with van der Waals surface area (Å²) >= 11 is 1.94. The monoisotopic (exact) mass is 543 g/mol. The summed E-state index contributed by atoms with van der Waals surface area (Å²) in [5, 5.41) is 15.7. The Morgan fingerprint density at radius 2 is 1.94 bits per heavy atom. The first kappa shape index (κ1) is 22.1. The number of hydrogen-bond acceptors (Lipinski definition) is 4. The zero-order chi connectivity index (χ0) is 22.1. The van der Waals surface area contributed by atoms with Crippen molar-refractivity contribution in [2.75, 3.05) is 18.4 Å². The molecule has 1 fully saturated rings. The normalized spacial score (nSPS) is 20.4. The molecule has 1 amide bonds. The van der Waals surface area contributed by atoms with Crippen LogP contribution in [0.15, 0.2) is 42.1 Å². The van der Waals surface area contributed by atoms with Gasteiger partial charge >= 0.3 is 0 Å². The van der Waals surface area contributed by atoms with Crippen molar-refractivity contribution < 1.29 is 23.1 Å². The van der Waals surface area contributed by atoms with E-state index in [1.807, 2.05) is 22.6 Å². The Balaban J connectivity index is 1.49. The van der Waals surface area contributed by atoms with Crippen LogP contribution < -0.4 is 10.6 Å². The molecule has 31 heavy (non-hydrogen) atoms. The Morgan fingerprint density at radius 3 is 2.61 bits per heavy atom. The summed E-state index contributed by atoms with van der Waals surface area (Å²) in [6, 6.07) is 6.39. The van der Waals surface area contributed by atoms with Crippen LogP contribution in [0.25, 0.3) is 0 Å². The Kier molecular flexibility index (Phi) is 6.54. The largest absolute Gasteiger partial charge is 0.392 e. The van der Waals surface area contributed by atoms with Crippen molar-refractivity contribution in [1.29, 1.82) is 0 Å². The highest BCUT2D eigenvalue weighted by Crippen LogP contribution is 2.30. The van der Waals surface area contributed by atoms with E-state index in [2.05, 4.69) is 10.6 Å². The number of carbonyl (C=O) groups is 1. The molecule has 4 rings (SSSR count). The van der Waals surface area contributed by atoms with Gasteiger partial charge in [-0.15, -0.1) is 0 Å². The van der Waals surface area contributed by atoms with Crippen molar-refractivity contribution in [2.24, 2.45) is 0 Å². The number of nitrogens with zero attached hydrogens (tertiary/aromatic N) is 1. The van der Waals surface area contributed by atoms with Crippen molar-refractivity contribution in [3.05, 3.63) is 68.7 Å². The van der Waals surface area contributed by atoms with Gasteiger partial charge in [0, 0.05) is 28.9 Å². The lowest BCUT2D eigenvalue weighted by Gasteiger charge is -2.31. The molecule has 1 aliphatic carbocycles. The van der Waals surface area contributed by atoms with Gasteiger partial charge in [0.15, 0.2) is 11.6 Å². The molecule has 2 aliphatic rings. The first-order valence-electron chi connectivity index (χ1n) is 9.95. The number of aliphatic hydroxyl groups excluding tert-OH is 1. The van der Waals surface area contributed by atoms with Crippen LogP contribution in [0, 0.1) is 21.0 Å². The molecule has 0 aromatic heterocycles. The van der Waals surface area contributed by atoms with E-state index in [-0.39, 0.29) is 23.4 Å². The van der Waals surface area contributed by atoms with Gasteiger partial charge in [-0.05, 0) is 77.8 Å². The molecule has 5 nitrogen and oxygen atoms in total. The molecular weight excluding hydrogens is 522 g/mol. The summed E-state index contributed by atoms with van der Waals surface area (Å²) in [5.74, 6) is -3.54. The van der Waals surface area contributed by atoms with Gasteiger partial charge in [0.2, 0.25) is 0 Å². The third kappa shape index (κ3) is 4.73. The zero-order valence-electron chi connectivity index (χ0n) is 16.5. The fourth-order valence-electron chi connectivity index (χ4n) is 3.82. The van der Waals surface area contributed by atoms with Crippen LogP contribution >= 0.6 is 22.6 Å². The minimum atomic E-state index is -1.24. The lowest BCUT2D eigenvalue weighted by molar-refractivity contribution is 0.0806. The third-order valence-electron chi connectivity index (χ3n) is 5.56. The number of anilines is 2. The predicted octanol–water partition coefficient (Wildman–Crippen LogP) is 4.29. The van der Waals surface area contributed by atoms with Gasteiger partial charge in [-0.25, -0.2) is 13.2 Å². The maximum atomic E-state index is 14.5. The smallest absolute Gasteiger partial charge is 0.260 e. The summed E-state index contributed by atoms with van der Waals surface area (Å²) in [7, 11) is 0. The Hall–Kier alpha value is -2.11. The van der Waals surface area contributed by atoms with Gasteiger partial charge < -0.3 is 20.6 Å². The molecule has 2 aromatic rings. The molecule has 1 heterocycles. The standard InChI is InChI=1S/C22H21F3IN3O2/c23-15-6-5-14(21(20(15)25)28-17-7-4-13(26)8-16(17)24)22(31)29-10-12(11-29)9-27-18-2-1-3-19(18)30/h4-8,10,18-19,27-28,30H,1-3,9,11H2/t18-,19-/m0/s1. The molecule has 3 N–H and O–H groups in total. The maximum Gasteiger partial charge on any atom is 0.260 e. The average molecular weight is 543 g/mol. The SMILES string of the molecule is O=C(c1ccc(F)c(F)c1Nc1ccc(I)cc1F)N1C=C(CN[C@H]2CCC[C@@H]2O)C1. The molecule has 1 saturated carbocycles. The van der Waals surface area contributed by atoms with Crippen molar-refractivity contribution in [2.45, 2.75) is 31.4 Å². The van der Waals surface area contributed by atoms with Crippen LogP contribution in [-0.2, 0) is 0 Å². The lowest BCUT2D eigenvalue weighted by atomic mass is 10.1. The van der Waals surface area contributed by atoms with E-state index in [1.54, 1.807) is 12.3 Å². The third-order valence-corrected chi connectivity index (χ3v) is 6.23. The second kappa shape index (κ2) is 9.17. The van der Waals surface area contributed by atoms with Gasteiger partial charge in [0.25, 0.3) is 5.91 Å². The number of amides is 1. The van der Waals surface area contributed by atoms with Crippen molar-refractivity contribution in [1.82, 2.24) is 10.2 Å². The first-order chi connectivity index (χ1) is 14.8. The van der Waals surface area contributed by atoms with E-state index in [0.717, 1.165) is 30.9 Å². The number of halogens is 4. The van der Waals surface area contributed by atoms with Crippen molar-refractivity contribution in [3.8, 4) is 0 Å². The van der Waals surface area contributed by atoms with Gasteiger partial charge in [-0.1, -0.05) is 0 Å². The van der Waals surface area contributed by atoms with Crippen LogP contribution in [0.1, 0.15) is 29.6 Å². The van der Waals surface area contributed by atoms with Crippen LogP contribution in [0.4, 0.5) is 24.5 Å². The van der Waals surface area contributed by atoms with Gasteiger partial charge in [-0.2, -0.15) is 0 Å². The Bertz CT molecular complexity index is 1050. The Labute approximate surface area is 191 Å². The van der Waals surface area contributed by atoms with E-state index >= 15 is 0 Å². The molecule has 2 atom stereocenters. The number of rotatable bonds is 6. The fourth-order valence-corrected chi connectivity index (χ4v) is 4.27. The molecule has 0 spiro atoms. The number of aliphatic hydroxyl groups is 1. The molecule has 9 heteroatoms. The maximum absolute atomic E-state index is 14.5. The van der Waals surface area contributed by atoms with E-state index in [0.29, 0.717) is 16.7 Å². The van der Waals surface area contributed by atoms with E-state index < -0.39 is 29.0 Å². The lowest BCUT2D eigenvalue weighted by Crippen LogP contribution is -2.43. The average Bonchev–Trinajstić information content (AvgIpc) is 3.11. The molecule has 2 aromatic carbocycles. The number of nitrogens with one attached hydrogen (secondary N) is 2. The van der Waals surface area contributed by atoms with Gasteiger partial charge in [-0.3, -0.25) is 4.79 Å². The zero-order valence-corrected chi connectivity index (χ0v) is 18.6. The van der Waals surface area contributed by atoms with Crippen LogP contribution in [0.5, 0.6) is 0 Å². The Morgan fingerprint density at radius 1 is 1.16 bits per heavy atom. The molecule has 0 bridgehead atoms. The van der Waals surface area contributed by atoms with Gasteiger partial charge in [0.1, 0.15) is 5.82 Å². The predicted molar refractivity (Wildman–Crippen MR) is 120 cm³/mol. The molecule has 0 radical (unpaired) electrons. The second-order valence-corrected chi connectivity index (χ2v) is 8.98. The summed E-state index contributed by atoms with van der Waals surface area (Å²) in [4.78, 5) is 14.3. The quantitative estimate of drug-likeness (QED) is 0.476. The molecule has 0 unspecified atom stereocenters. The van der Waals surface area contributed by atoms with Crippen molar-refractivity contribution >= 4 is 39.9 Å². The second-order valence-electron chi connectivity index (χ2n) is 7.74. The minimum Gasteiger partial charge on any atom is -0.392 e. The minimum absolute atomic E-state index is 0.0523. The fraction of sp³-hybridized carbons (Fsp3) is 0.318. The van der Waals surface area contributed by atoms with Crippen LogP contribution in [0.2, 0.25) is 0 Å². The van der Waals surface area contributed by atoms with Crippen LogP contribution in [-0.4, -0.2) is 41.1 Å². The summed E-state index contributed by atoms with van der Waals surface area (Å²) in [5.41, 5.74) is 0.414.